The summed E-state index contributed by atoms with van der Waals surface area (Å²) in [7, 11) is 0. The van der Waals surface area contributed by atoms with Crippen LogP contribution in [0.15, 0.2) is 54.6 Å². The van der Waals surface area contributed by atoms with Crippen LogP contribution in [0.1, 0.15) is 11.1 Å². The van der Waals surface area contributed by atoms with Crippen molar-refractivity contribution in [2.45, 2.75) is 13.0 Å². The highest BCUT2D eigenvalue weighted by atomic mass is 35.5. The number of ketones is 1. The average molecular weight is 289 g/mol. The molecule has 0 heterocycles. The Labute approximate surface area is 122 Å². The van der Waals surface area contributed by atoms with Gasteiger partial charge in [-0.2, -0.15) is 0 Å². The molecular formula is C16H13ClO3. The molecule has 0 aromatic heterocycles. The molecule has 0 saturated carbocycles. The second kappa shape index (κ2) is 6.87. The van der Waals surface area contributed by atoms with E-state index in [0.29, 0.717) is 10.6 Å². The van der Waals surface area contributed by atoms with Crippen LogP contribution in [-0.2, 0) is 27.4 Å². The van der Waals surface area contributed by atoms with Crippen molar-refractivity contribution >= 4 is 23.4 Å². The highest BCUT2D eigenvalue weighted by molar-refractivity contribution is 6.34. The number of hydrogen-bond donors (Lipinski definition) is 0. The van der Waals surface area contributed by atoms with E-state index in [9.17, 15) is 9.59 Å². The van der Waals surface area contributed by atoms with Crippen LogP contribution in [0.2, 0.25) is 5.02 Å². The zero-order chi connectivity index (χ0) is 14.4. The summed E-state index contributed by atoms with van der Waals surface area (Å²) in [5, 5.41) is 0.535. The molecule has 0 bridgehead atoms. The number of halogens is 1. The minimum Gasteiger partial charge on any atom is -0.455 e. The van der Waals surface area contributed by atoms with Gasteiger partial charge in [0.15, 0.2) is 0 Å². The lowest BCUT2D eigenvalue weighted by atomic mass is 10.1. The van der Waals surface area contributed by atoms with Crippen molar-refractivity contribution in [3.63, 3.8) is 0 Å². The molecule has 0 saturated heterocycles. The van der Waals surface area contributed by atoms with Crippen molar-refractivity contribution in [3.05, 3.63) is 70.7 Å². The first-order valence-electron chi connectivity index (χ1n) is 6.13. The molecule has 0 unspecified atom stereocenters. The van der Waals surface area contributed by atoms with Gasteiger partial charge in [0, 0.05) is 11.4 Å². The van der Waals surface area contributed by atoms with E-state index in [2.05, 4.69) is 0 Å². The van der Waals surface area contributed by atoms with Crippen molar-refractivity contribution in [2.75, 3.05) is 0 Å². The highest BCUT2D eigenvalue weighted by Crippen LogP contribution is 2.11. The van der Waals surface area contributed by atoms with Gasteiger partial charge in [0.05, 0.1) is 0 Å². The normalized spacial score (nSPS) is 10.1. The summed E-state index contributed by atoms with van der Waals surface area (Å²) in [5.74, 6) is -1.41. The Hall–Kier alpha value is -2.13. The molecule has 2 aromatic rings. The molecule has 2 rings (SSSR count). The summed E-state index contributed by atoms with van der Waals surface area (Å²) in [4.78, 5) is 23.3. The fourth-order valence-electron chi connectivity index (χ4n) is 1.71. The van der Waals surface area contributed by atoms with Gasteiger partial charge in [0.25, 0.3) is 0 Å². The molecule has 4 heteroatoms. The van der Waals surface area contributed by atoms with Crippen molar-refractivity contribution in [1.29, 1.82) is 0 Å². The second-order valence-electron chi connectivity index (χ2n) is 4.29. The minimum atomic E-state index is -0.825. The van der Waals surface area contributed by atoms with E-state index in [1.165, 1.54) is 0 Å². The number of benzene rings is 2. The second-order valence-corrected chi connectivity index (χ2v) is 4.73. The number of Topliss-reactive ketones (excluding diaryl/α,β-unsaturated/α-hetero) is 1. The van der Waals surface area contributed by atoms with Gasteiger partial charge >= 0.3 is 5.97 Å². The van der Waals surface area contributed by atoms with E-state index in [4.69, 9.17) is 16.3 Å². The van der Waals surface area contributed by atoms with Gasteiger partial charge in [0.1, 0.15) is 6.61 Å². The van der Waals surface area contributed by atoms with Gasteiger partial charge in [-0.15, -0.1) is 0 Å². The summed E-state index contributed by atoms with van der Waals surface area (Å²) in [6.07, 6.45) is -0.00577. The van der Waals surface area contributed by atoms with Gasteiger partial charge in [-0.05, 0) is 23.3 Å². The maximum Gasteiger partial charge on any atom is 0.375 e. The molecule has 0 amide bonds. The molecule has 102 valence electrons. The van der Waals surface area contributed by atoms with E-state index in [0.717, 1.165) is 5.56 Å². The van der Waals surface area contributed by atoms with Crippen molar-refractivity contribution in [2.24, 2.45) is 0 Å². The Balaban J connectivity index is 1.88. The lowest BCUT2D eigenvalue weighted by molar-refractivity contribution is -0.154. The van der Waals surface area contributed by atoms with Gasteiger partial charge in [0.2, 0.25) is 5.78 Å². The fraction of sp³-hybridized carbons (Fsp3) is 0.125. The molecule has 0 radical (unpaired) electrons. The van der Waals surface area contributed by atoms with Gasteiger partial charge in [-0.1, -0.05) is 54.1 Å². The average Bonchev–Trinajstić information content (AvgIpc) is 2.46. The largest absolute Gasteiger partial charge is 0.455 e. The molecule has 0 aliphatic carbocycles. The van der Waals surface area contributed by atoms with Crippen molar-refractivity contribution in [3.8, 4) is 0 Å². The van der Waals surface area contributed by atoms with E-state index < -0.39 is 11.8 Å². The van der Waals surface area contributed by atoms with Crippen LogP contribution >= 0.6 is 11.6 Å². The standard InChI is InChI=1S/C16H13ClO3/c17-14-8-4-7-13(9-14)10-15(18)16(19)20-11-12-5-2-1-3-6-12/h1-9H,10-11H2. The fourth-order valence-corrected chi connectivity index (χ4v) is 1.92. The lowest BCUT2D eigenvalue weighted by Gasteiger charge is -2.04. The molecule has 0 spiro atoms. The highest BCUT2D eigenvalue weighted by Gasteiger charge is 2.16. The van der Waals surface area contributed by atoms with E-state index >= 15 is 0 Å². The Morgan fingerprint density at radius 2 is 1.65 bits per heavy atom. The Morgan fingerprint density at radius 1 is 0.950 bits per heavy atom. The molecule has 2 aromatic carbocycles. The van der Waals surface area contributed by atoms with Crippen LogP contribution in [-0.4, -0.2) is 11.8 Å². The number of carbonyl (C=O) groups excluding carboxylic acids is 2. The Kier molecular flexibility index (Phi) is 4.91. The maximum atomic E-state index is 11.7. The number of esters is 1. The van der Waals surface area contributed by atoms with Crippen LogP contribution in [0, 0.1) is 0 Å². The summed E-state index contributed by atoms with van der Waals surface area (Å²) in [6.45, 7) is 0.0982. The molecule has 0 aliphatic heterocycles. The first-order chi connectivity index (χ1) is 9.65. The zero-order valence-electron chi connectivity index (χ0n) is 10.7. The predicted octanol–water partition coefficient (Wildman–Crippen LogP) is 3.20. The van der Waals surface area contributed by atoms with E-state index in [1.807, 2.05) is 30.3 Å². The summed E-state index contributed by atoms with van der Waals surface area (Å²) < 4.78 is 4.97. The quantitative estimate of drug-likeness (QED) is 0.627. The number of ether oxygens (including phenoxy) is 1. The Bertz CT molecular complexity index is 608. The molecule has 0 fully saturated rings. The molecule has 3 nitrogen and oxygen atoms in total. The smallest absolute Gasteiger partial charge is 0.375 e. The summed E-state index contributed by atoms with van der Waals surface area (Å²) in [5.41, 5.74) is 1.54. The maximum absolute atomic E-state index is 11.7. The first kappa shape index (κ1) is 14.3. The first-order valence-corrected chi connectivity index (χ1v) is 6.51. The van der Waals surface area contributed by atoms with Crippen LogP contribution in [0.4, 0.5) is 0 Å². The molecule has 0 aliphatic rings. The van der Waals surface area contributed by atoms with Gasteiger partial charge in [-0.3, -0.25) is 4.79 Å². The lowest BCUT2D eigenvalue weighted by Crippen LogP contribution is -2.19. The van der Waals surface area contributed by atoms with Crippen LogP contribution in [0.25, 0.3) is 0 Å². The molecule has 0 N–H and O–H groups in total. The molecule has 0 atom stereocenters. The minimum absolute atomic E-state index is 0.00577. The van der Waals surface area contributed by atoms with Crippen LogP contribution < -0.4 is 0 Å². The van der Waals surface area contributed by atoms with Crippen molar-refractivity contribution < 1.29 is 14.3 Å². The summed E-state index contributed by atoms with van der Waals surface area (Å²) in [6, 6.07) is 16.1. The number of carbonyl (C=O) groups is 2. The van der Waals surface area contributed by atoms with Crippen LogP contribution in [0.3, 0.4) is 0 Å². The SMILES string of the molecule is O=C(Cc1cccc(Cl)c1)C(=O)OCc1ccccc1. The molecule has 20 heavy (non-hydrogen) atoms. The van der Waals surface area contributed by atoms with E-state index in [1.54, 1.807) is 24.3 Å². The van der Waals surface area contributed by atoms with Crippen LogP contribution in [0.5, 0.6) is 0 Å². The third kappa shape index (κ3) is 4.21. The van der Waals surface area contributed by atoms with Gasteiger partial charge < -0.3 is 4.74 Å². The third-order valence-electron chi connectivity index (χ3n) is 2.69. The van der Waals surface area contributed by atoms with Gasteiger partial charge in [-0.25, -0.2) is 4.79 Å². The molecular weight excluding hydrogens is 276 g/mol. The monoisotopic (exact) mass is 288 g/mol. The summed E-state index contributed by atoms with van der Waals surface area (Å²) >= 11 is 5.82. The predicted molar refractivity (Wildman–Crippen MR) is 76.4 cm³/mol. The zero-order valence-corrected chi connectivity index (χ0v) is 11.5. The number of rotatable bonds is 5. The third-order valence-corrected chi connectivity index (χ3v) is 2.93. The Morgan fingerprint density at radius 3 is 2.35 bits per heavy atom. The topological polar surface area (TPSA) is 43.4 Å². The number of hydrogen-bond acceptors (Lipinski definition) is 3. The van der Waals surface area contributed by atoms with Crippen molar-refractivity contribution in [1.82, 2.24) is 0 Å². The van der Waals surface area contributed by atoms with E-state index in [-0.39, 0.29) is 13.0 Å².